The van der Waals surface area contributed by atoms with Crippen molar-refractivity contribution in [2.75, 3.05) is 19.0 Å². The van der Waals surface area contributed by atoms with Crippen LogP contribution in [0.4, 0.5) is 0 Å². The molecule has 0 aliphatic heterocycles. The van der Waals surface area contributed by atoms with Crippen molar-refractivity contribution in [1.29, 1.82) is 0 Å². The van der Waals surface area contributed by atoms with Crippen LogP contribution in [0.1, 0.15) is 20.3 Å². The third kappa shape index (κ3) is 6.72. The summed E-state index contributed by atoms with van der Waals surface area (Å²) in [6.07, 6.45) is 2.00. The molecular formula is C7H17BO2S. The summed E-state index contributed by atoms with van der Waals surface area (Å²) in [4.78, 5) is 0. The minimum absolute atomic E-state index is 0.0165. The Balaban J connectivity index is 3.34. The zero-order valence-corrected chi connectivity index (χ0v) is 8.27. The van der Waals surface area contributed by atoms with Gasteiger partial charge in [0, 0.05) is 13.2 Å². The fourth-order valence-electron chi connectivity index (χ4n) is 0.845. The number of hydrogen-bond donors (Lipinski definition) is 1. The molecule has 11 heavy (non-hydrogen) atoms. The highest BCUT2D eigenvalue weighted by Gasteiger charge is 2.14. The molecule has 0 atom stereocenters. The van der Waals surface area contributed by atoms with E-state index < -0.39 is 0 Å². The van der Waals surface area contributed by atoms with Gasteiger partial charge in [0.1, 0.15) is 0 Å². The molecule has 66 valence electrons. The van der Waals surface area contributed by atoms with Crippen LogP contribution < -0.4 is 0 Å². The lowest BCUT2D eigenvalue weighted by Crippen LogP contribution is -2.22. The van der Waals surface area contributed by atoms with Gasteiger partial charge in [0.05, 0.1) is 0 Å². The van der Waals surface area contributed by atoms with Crippen molar-refractivity contribution in [3.63, 3.8) is 0 Å². The second-order valence-corrected chi connectivity index (χ2v) is 2.65. The number of rotatable bonds is 7. The first-order valence-corrected chi connectivity index (χ1v) is 4.82. The van der Waals surface area contributed by atoms with Crippen LogP contribution >= 0.6 is 12.6 Å². The largest absolute Gasteiger partial charge is 0.456 e. The molecule has 0 heterocycles. The molecule has 0 aliphatic carbocycles. The fourth-order valence-corrected chi connectivity index (χ4v) is 1.03. The Labute approximate surface area is 75.2 Å². The van der Waals surface area contributed by atoms with Crippen LogP contribution in [0.25, 0.3) is 0 Å². The SMILES string of the molecule is CCOB(CCCS)OCC. The summed E-state index contributed by atoms with van der Waals surface area (Å²) < 4.78 is 10.7. The molecule has 0 amide bonds. The average molecular weight is 176 g/mol. The van der Waals surface area contributed by atoms with Crippen molar-refractivity contribution >= 4 is 19.7 Å². The van der Waals surface area contributed by atoms with Gasteiger partial charge in [0.25, 0.3) is 0 Å². The van der Waals surface area contributed by atoms with Crippen molar-refractivity contribution < 1.29 is 9.31 Å². The minimum Gasteiger partial charge on any atom is -0.411 e. The van der Waals surface area contributed by atoms with Crippen LogP contribution in [0, 0.1) is 0 Å². The standard InChI is InChI=1S/C7H17BO2S/c1-3-9-8(10-4-2)6-5-7-11/h11H,3-7H2,1-2H3. The van der Waals surface area contributed by atoms with Gasteiger partial charge in [-0.3, -0.25) is 0 Å². The quantitative estimate of drug-likeness (QED) is 0.471. The highest BCUT2D eigenvalue weighted by molar-refractivity contribution is 7.80. The Kier molecular flexibility index (Phi) is 8.69. The van der Waals surface area contributed by atoms with Gasteiger partial charge in [-0.25, -0.2) is 0 Å². The van der Waals surface area contributed by atoms with E-state index >= 15 is 0 Å². The molecule has 0 fully saturated rings. The lowest BCUT2D eigenvalue weighted by atomic mass is 9.83. The Morgan fingerprint density at radius 1 is 1.18 bits per heavy atom. The maximum Gasteiger partial charge on any atom is 0.456 e. The summed E-state index contributed by atoms with van der Waals surface area (Å²) in [5, 5.41) is 0. The third-order valence-corrected chi connectivity index (χ3v) is 1.62. The predicted octanol–water partition coefficient (Wildman–Crippen LogP) is 1.87. The summed E-state index contributed by atoms with van der Waals surface area (Å²) >= 11 is 4.12. The molecule has 2 nitrogen and oxygen atoms in total. The molecule has 0 rings (SSSR count). The Morgan fingerprint density at radius 3 is 2.09 bits per heavy atom. The maximum atomic E-state index is 5.33. The zero-order valence-electron chi connectivity index (χ0n) is 7.38. The first-order valence-electron chi connectivity index (χ1n) is 4.19. The normalized spacial score (nSPS) is 10.1. The van der Waals surface area contributed by atoms with E-state index in [4.69, 9.17) is 9.31 Å². The number of hydrogen-bond acceptors (Lipinski definition) is 3. The van der Waals surface area contributed by atoms with Gasteiger partial charge in [-0.05, 0) is 32.3 Å². The third-order valence-electron chi connectivity index (χ3n) is 1.30. The molecule has 0 bridgehead atoms. The topological polar surface area (TPSA) is 18.5 Å². The van der Waals surface area contributed by atoms with Crippen molar-refractivity contribution in [3.05, 3.63) is 0 Å². The zero-order chi connectivity index (χ0) is 8.53. The van der Waals surface area contributed by atoms with Gasteiger partial charge in [-0.15, -0.1) is 0 Å². The molecule has 0 spiro atoms. The Bertz CT molecular complexity index is 76.8. The van der Waals surface area contributed by atoms with Crippen molar-refractivity contribution in [2.24, 2.45) is 0 Å². The van der Waals surface area contributed by atoms with Crippen molar-refractivity contribution in [2.45, 2.75) is 26.6 Å². The van der Waals surface area contributed by atoms with E-state index in [1.54, 1.807) is 0 Å². The van der Waals surface area contributed by atoms with Gasteiger partial charge >= 0.3 is 7.12 Å². The minimum atomic E-state index is -0.0165. The number of thiol groups is 1. The van der Waals surface area contributed by atoms with E-state index in [9.17, 15) is 0 Å². The van der Waals surface area contributed by atoms with Gasteiger partial charge < -0.3 is 9.31 Å². The van der Waals surface area contributed by atoms with Crippen LogP contribution in [0.2, 0.25) is 6.32 Å². The molecule has 0 aromatic heterocycles. The first-order chi connectivity index (χ1) is 5.35. The average Bonchev–Trinajstić information content (AvgIpc) is 2.01. The molecule has 0 aromatic carbocycles. The molecule has 0 aliphatic rings. The summed E-state index contributed by atoms with van der Waals surface area (Å²) in [5.41, 5.74) is 0. The monoisotopic (exact) mass is 176 g/mol. The molecule has 0 radical (unpaired) electrons. The van der Waals surface area contributed by atoms with Crippen LogP contribution in [0.5, 0.6) is 0 Å². The molecular weight excluding hydrogens is 159 g/mol. The van der Waals surface area contributed by atoms with Crippen LogP contribution in [0.3, 0.4) is 0 Å². The van der Waals surface area contributed by atoms with Crippen LogP contribution in [-0.4, -0.2) is 26.1 Å². The van der Waals surface area contributed by atoms with Crippen LogP contribution in [-0.2, 0) is 9.31 Å². The van der Waals surface area contributed by atoms with Gasteiger partial charge in [-0.1, -0.05) is 0 Å². The Morgan fingerprint density at radius 2 is 1.73 bits per heavy atom. The second kappa shape index (κ2) is 8.43. The summed E-state index contributed by atoms with van der Waals surface area (Å²) in [6, 6.07) is 0. The van der Waals surface area contributed by atoms with Gasteiger partial charge in [0.15, 0.2) is 0 Å². The highest BCUT2D eigenvalue weighted by Crippen LogP contribution is 2.02. The van der Waals surface area contributed by atoms with E-state index in [2.05, 4.69) is 12.6 Å². The van der Waals surface area contributed by atoms with E-state index in [1.807, 2.05) is 13.8 Å². The van der Waals surface area contributed by atoms with E-state index in [0.29, 0.717) is 0 Å². The smallest absolute Gasteiger partial charge is 0.411 e. The van der Waals surface area contributed by atoms with Crippen LogP contribution in [0.15, 0.2) is 0 Å². The molecule has 0 saturated heterocycles. The first kappa shape index (κ1) is 11.3. The maximum absolute atomic E-state index is 5.33. The predicted molar refractivity (Wildman–Crippen MR) is 52.3 cm³/mol. The lowest BCUT2D eigenvalue weighted by Gasteiger charge is -2.10. The van der Waals surface area contributed by atoms with Crippen molar-refractivity contribution in [1.82, 2.24) is 0 Å². The molecule has 0 saturated carbocycles. The van der Waals surface area contributed by atoms with Gasteiger partial charge in [0.2, 0.25) is 0 Å². The van der Waals surface area contributed by atoms with Gasteiger partial charge in [-0.2, -0.15) is 12.6 Å². The molecule has 0 unspecified atom stereocenters. The molecule has 4 heteroatoms. The molecule has 0 aromatic rings. The fraction of sp³-hybridized carbons (Fsp3) is 1.00. The summed E-state index contributed by atoms with van der Waals surface area (Å²) in [5.74, 6) is 0.899. The highest BCUT2D eigenvalue weighted by atomic mass is 32.1. The summed E-state index contributed by atoms with van der Waals surface area (Å²) in [6.45, 7) is 5.40. The van der Waals surface area contributed by atoms with E-state index in [-0.39, 0.29) is 7.12 Å². The lowest BCUT2D eigenvalue weighted by molar-refractivity contribution is 0.213. The van der Waals surface area contributed by atoms with Crippen molar-refractivity contribution in [3.8, 4) is 0 Å². The van der Waals surface area contributed by atoms with E-state index in [0.717, 1.165) is 31.7 Å². The van der Waals surface area contributed by atoms with E-state index in [1.165, 1.54) is 0 Å². The Hall–Kier alpha value is 0.335. The summed E-state index contributed by atoms with van der Waals surface area (Å²) in [7, 11) is -0.0165. The second-order valence-electron chi connectivity index (χ2n) is 2.21. The molecule has 0 N–H and O–H groups in total.